The molecule has 0 saturated heterocycles. The molecule has 0 spiro atoms. The molecule has 0 aliphatic carbocycles. The molecule has 0 amide bonds. The van der Waals surface area contributed by atoms with Crippen molar-refractivity contribution in [3.05, 3.63) is 0 Å². The van der Waals surface area contributed by atoms with Crippen molar-refractivity contribution in [2.24, 2.45) is 0 Å². The SMILES string of the molecule is [Cl-].[Cl-].[O-2].[O-2].[U]. The molecule has 0 rings (SSSR count). The van der Waals surface area contributed by atoms with Crippen LogP contribution in [-0.4, -0.2) is 0 Å². The van der Waals surface area contributed by atoms with Crippen molar-refractivity contribution >= 4 is 0 Å². The van der Waals surface area contributed by atoms with E-state index in [2.05, 4.69) is 0 Å². The van der Waals surface area contributed by atoms with Gasteiger partial charge in [-0.05, 0) is 0 Å². The minimum Gasteiger partial charge on any atom is -2.00 e. The molecule has 0 aromatic rings. The third-order valence-electron chi connectivity index (χ3n) is 0. The van der Waals surface area contributed by atoms with Crippen molar-refractivity contribution in [1.82, 2.24) is 0 Å². The maximum atomic E-state index is 0. The first-order chi connectivity index (χ1) is 0. The fraction of sp³-hybridized carbons (Fsp3) is 0. The standard InChI is InChI=1S/2ClH.2O.U/h2*1H;;;/q;;2*-2;/p-2. The van der Waals surface area contributed by atoms with Crippen molar-refractivity contribution in [2.45, 2.75) is 0 Å². The number of hydrogen-bond acceptors (Lipinski definition) is 0. The predicted octanol–water partition coefficient (Wildman–Crippen LogP) is -6.23. The second-order valence-electron chi connectivity index (χ2n) is 0. The summed E-state index contributed by atoms with van der Waals surface area (Å²) in [4.78, 5) is 0. The van der Waals surface area contributed by atoms with E-state index < -0.39 is 0 Å². The first-order valence-corrected chi connectivity index (χ1v) is 0. The molecule has 0 aliphatic heterocycles. The van der Waals surface area contributed by atoms with E-state index in [4.69, 9.17) is 0 Å². The summed E-state index contributed by atoms with van der Waals surface area (Å²) < 4.78 is 0. The summed E-state index contributed by atoms with van der Waals surface area (Å²) in [5.74, 6) is 0. The van der Waals surface area contributed by atoms with Gasteiger partial charge < -0.3 is 35.8 Å². The molecule has 5 heavy (non-hydrogen) atoms. The van der Waals surface area contributed by atoms with Gasteiger partial charge in [0.15, 0.2) is 0 Å². The summed E-state index contributed by atoms with van der Waals surface area (Å²) in [5.41, 5.74) is 0. The van der Waals surface area contributed by atoms with E-state index >= 15 is 0 Å². The monoisotopic (exact) mass is 340 g/mol. The molecule has 0 radical (unpaired) electrons. The Morgan fingerprint density at radius 1 is 0.600 bits per heavy atom. The second-order valence-corrected chi connectivity index (χ2v) is 0. The molecule has 2 nitrogen and oxygen atoms in total. The molecule has 0 saturated carbocycles. The van der Waals surface area contributed by atoms with Gasteiger partial charge in [0.05, 0.1) is 0 Å². The van der Waals surface area contributed by atoms with Crippen molar-refractivity contribution < 1.29 is 66.9 Å². The Kier molecular flexibility index (Phi) is 801. The maximum Gasteiger partial charge on any atom is 0 e. The summed E-state index contributed by atoms with van der Waals surface area (Å²) in [6, 6.07) is 0. The molecule has 0 N–H and O–H groups in total. The van der Waals surface area contributed by atoms with Crippen LogP contribution in [-0.2, 0) is 11.0 Å². The molecule has 0 bridgehead atoms. The Labute approximate surface area is 66.5 Å². The molecule has 0 aromatic heterocycles. The first kappa shape index (κ1) is 83.9. The largest absolute Gasteiger partial charge is 2.00 e. The molecule has 0 atom stereocenters. The molecule has 0 heterocycles. The van der Waals surface area contributed by atoms with Gasteiger partial charge in [-0.2, -0.15) is 0 Å². The quantitative estimate of drug-likeness (QED) is 0.421. The van der Waals surface area contributed by atoms with Gasteiger partial charge in [-0.15, -0.1) is 0 Å². The first-order valence-electron chi connectivity index (χ1n) is 0. The summed E-state index contributed by atoms with van der Waals surface area (Å²) in [6.45, 7) is 0. The van der Waals surface area contributed by atoms with Crippen molar-refractivity contribution in [1.29, 1.82) is 0 Å². The van der Waals surface area contributed by atoms with Gasteiger partial charge in [-0.25, -0.2) is 0 Å². The van der Waals surface area contributed by atoms with E-state index in [1.165, 1.54) is 0 Å². The van der Waals surface area contributed by atoms with E-state index in [1.807, 2.05) is 0 Å². The predicted molar refractivity (Wildman–Crippen MR) is 1.37 cm³/mol. The van der Waals surface area contributed by atoms with E-state index in [1.54, 1.807) is 0 Å². The third-order valence-corrected chi connectivity index (χ3v) is 0. The van der Waals surface area contributed by atoms with Crippen LogP contribution in [0.2, 0.25) is 0 Å². The van der Waals surface area contributed by atoms with Gasteiger partial charge in [0.2, 0.25) is 0 Å². The molecule has 0 aromatic carbocycles. The van der Waals surface area contributed by atoms with Crippen LogP contribution < -0.4 is 24.8 Å². The summed E-state index contributed by atoms with van der Waals surface area (Å²) in [6.07, 6.45) is 0. The van der Waals surface area contributed by atoms with Crippen molar-refractivity contribution in [3.8, 4) is 0 Å². The van der Waals surface area contributed by atoms with Gasteiger partial charge in [0, 0.05) is 31.1 Å². The van der Waals surface area contributed by atoms with Crippen LogP contribution in [0.3, 0.4) is 0 Å². The van der Waals surface area contributed by atoms with Crippen molar-refractivity contribution in [2.75, 3.05) is 0 Å². The van der Waals surface area contributed by atoms with E-state index in [-0.39, 0.29) is 66.9 Å². The topological polar surface area (TPSA) is 57.0 Å². The molecule has 36 valence electrons. The molecule has 5 heteroatoms. The Bertz CT molecular complexity index is 7.61. The molecular formula is Cl2O2U-6. The zero-order valence-corrected chi connectivity index (χ0v) is 7.75. The van der Waals surface area contributed by atoms with Crippen LogP contribution in [0, 0.1) is 31.1 Å². The van der Waals surface area contributed by atoms with Crippen molar-refractivity contribution in [3.63, 3.8) is 0 Å². The smallest absolute Gasteiger partial charge is 0 e. The fourth-order valence-electron chi connectivity index (χ4n) is 0. The molecule has 0 fully saturated rings. The van der Waals surface area contributed by atoms with Gasteiger partial charge >= 0.3 is 0 Å². The van der Waals surface area contributed by atoms with Crippen LogP contribution in [0.5, 0.6) is 0 Å². The maximum absolute atomic E-state index is 0. The van der Waals surface area contributed by atoms with Gasteiger partial charge in [-0.1, -0.05) is 0 Å². The molecular weight excluding hydrogens is 341 g/mol. The molecule has 0 unspecified atom stereocenters. The Balaban J connectivity index is 0. The minimum absolute atomic E-state index is 0. The van der Waals surface area contributed by atoms with Crippen LogP contribution in [0.4, 0.5) is 0 Å². The van der Waals surface area contributed by atoms with Crippen LogP contribution in [0.25, 0.3) is 0 Å². The Hall–Kier alpha value is 1.55. The van der Waals surface area contributed by atoms with Crippen LogP contribution >= 0.6 is 0 Å². The van der Waals surface area contributed by atoms with Crippen LogP contribution in [0.15, 0.2) is 0 Å². The number of hydrogen-bond donors (Lipinski definition) is 0. The summed E-state index contributed by atoms with van der Waals surface area (Å²) in [5, 5.41) is 0. The minimum atomic E-state index is 0. The summed E-state index contributed by atoms with van der Waals surface area (Å²) in [7, 11) is 0. The average Bonchev–Trinajstić information content (AvgIpc) is 0. The Morgan fingerprint density at radius 2 is 0.600 bits per heavy atom. The summed E-state index contributed by atoms with van der Waals surface area (Å²) >= 11 is 0. The van der Waals surface area contributed by atoms with Gasteiger partial charge in [0.1, 0.15) is 0 Å². The van der Waals surface area contributed by atoms with Crippen LogP contribution in [0.1, 0.15) is 0 Å². The van der Waals surface area contributed by atoms with E-state index in [0.29, 0.717) is 0 Å². The van der Waals surface area contributed by atoms with E-state index in [9.17, 15) is 0 Å². The van der Waals surface area contributed by atoms with Gasteiger partial charge in [-0.3, -0.25) is 0 Å². The number of rotatable bonds is 0. The zero-order chi connectivity index (χ0) is 0. The normalized spacial score (nSPS) is 0. The number of halogens is 2. The third kappa shape index (κ3) is 29.1. The molecule has 0 aliphatic rings. The zero-order valence-electron chi connectivity index (χ0n) is 2.07. The average molecular weight is 341 g/mol. The van der Waals surface area contributed by atoms with E-state index in [0.717, 1.165) is 0 Å². The van der Waals surface area contributed by atoms with Gasteiger partial charge in [0.25, 0.3) is 0 Å². The Morgan fingerprint density at radius 3 is 0.600 bits per heavy atom. The fourth-order valence-corrected chi connectivity index (χ4v) is 0. The second kappa shape index (κ2) is 47.8.